The van der Waals surface area contributed by atoms with Gasteiger partial charge in [0.15, 0.2) is 0 Å². The maximum atomic E-state index is 13.3. The van der Waals surface area contributed by atoms with Gasteiger partial charge in [-0.05, 0) is 33.9 Å². The molecule has 2 fully saturated rings. The summed E-state index contributed by atoms with van der Waals surface area (Å²) in [6.45, 7) is 0.439. The number of nitrogens with zero attached hydrogens (tertiary/aromatic N) is 1. The van der Waals surface area contributed by atoms with Gasteiger partial charge >= 0.3 is 41.5 Å². The fraction of sp³-hybridized carbons (Fsp3) is 0.293. The average molecular weight is 799 g/mol. The molecule has 0 aliphatic carbocycles. The van der Waals surface area contributed by atoms with E-state index in [-0.39, 0.29) is 78.1 Å². The summed E-state index contributed by atoms with van der Waals surface area (Å²) in [5, 5.41) is 29.9. The number of rotatable bonds is 9. The van der Waals surface area contributed by atoms with Gasteiger partial charge in [-0.1, -0.05) is 121 Å². The van der Waals surface area contributed by atoms with Gasteiger partial charge < -0.3 is 40.0 Å². The molecule has 56 heavy (non-hydrogen) atoms. The number of benzene rings is 4. The first-order valence-electron chi connectivity index (χ1n) is 17.2. The predicted octanol–water partition coefficient (Wildman–Crippen LogP) is -0.142. The second kappa shape index (κ2) is 25.7. The van der Waals surface area contributed by atoms with Crippen LogP contribution >= 0.6 is 11.6 Å². The Morgan fingerprint density at radius 1 is 0.714 bits per heavy atom. The van der Waals surface area contributed by atoms with E-state index in [0.717, 1.165) is 22.3 Å². The van der Waals surface area contributed by atoms with E-state index in [1.165, 1.54) is 19.1 Å². The molecule has 1 amide bonds. The van der Waals surface area contributed by atoms with Crippen molar-refractivity contribution in [3.8, 4) is 0 Å². The topological polar surface area (TPSA) is 192 Å². The molecule has 0 aromatic heterocycles. The molecule has 0 radical (unpaired) electrons. The number of hydrogen-bond donors (Lipinski definition) is 3. The van der Waals surface area contributed by atoms with Crippen LogP contribution in [0.4, 0.5) is 0 Å². The Bertz CT molecular complexity index is 1700. The van der Waals surface area contributed by atoms with Crippen LogP contribution in [0.25, 0.3) is 0 Å². The first kappa shape index (κ1) is 47.7. The van der Waals surface area contributed by atoms with Gasteiger partial charge in [-0.25, -0.2) is 4.79 Å². The number of aliphatic hydroxyl groups is 2. The van der Waals surface area contributed by atoms with E-state index in [2.05, 4.69) is 14.9 Å². The van der Waals surface area contributed by atoms with Crippen molar-refractivity contribution in [2.24, 2.45) is 0 Å². The average Bonchev–Trinajstić information content (AvgIpc) is 3.85. The van der Waals surface area contributed by atoms with Crippen LogP contribution in [0.5, 0.6) is 0 Å². The minimum Gasteiger partial charge on any atom is -0.662 e. The van der Waals surface area contributed by atoms with E-state index in [1.807, 2.05) is 121 Å². The zero-order valence-electron chi connectivity index (χ0n) is 31.3. The van der Waals surface area contributed by atoms with Crippen LogP contribution in [0.3, 0.4) is 0 Å². The molecule has 13 nitrogen and oxygen atoms in total. The second-order valence-corrected chi connectivity index (χ2v) is 12.7. The molecule has 0 saturated carbocycles. The van der Waals surface area contributed by atoms with Gasteiger partial charge in [0, 0.05) is 25.9 Å². The fourth-order valence-electron chi connectivity index (χ4n) is 6.14. The first-order chi connectivity index (χ1) is 26.6. The first-order valence-corrected chi connectivity index (χ1v) is 17.6. The minimum atomic E-state index is -0.748. The van der Waals surface area contributed by atoms with Gasteiger partial charge in [-0.15, -0.1) is 0 Å². The molecule has 4 aromatic carbocycles. The number of methoxy groups -OCH3 is 2. The number of likely N-dealkylation sites (tertiary alicyclic amines) is 1. The largest absolute Gasteiger partial charge is 1.00 e. The van der Waals surface area contributed by atoms with Crippen molar-refractivity contribution >= 4 is 41.2 Å². The summed E-state index contributed by atoms with van der Waals surface area (Å²) in [7, 11) is 2.64. The Labute approximate surface area is 352 Å². The van der Waals surface area contributed by atoms with Gasteiger partial charge in [0.1, 0.15) is 12.1 Å². The number of amides is 1. The van der Waals surface area contributed by atoms with Crippen LogP contribution < -0.4 is 40.1 Å². The van der Waals surface area contributed by atoms with Crippen LogP contribution in [0.1, 0.15) is 46.9 Å². The smallest absolute Gasteiger partial charge is 0.662 e. The van der Waals surface area contributed by atoms with Gasteiger partial charge in [0.2, 0.25) is 11.1 Å². The summed E-state index contributed by atoms with van der Waals surface area (Å²) >= 11 is 5.67. The molecule has 292 valence electrons. The van der Waals surface area contributed by atoms with Crippen molar-refractivity contribution in [2.75, 3.05) is 27.3 Å². The van der Waals surface area contributed by atoms with Crippen LogP contribution in [0, 0.1) is 0 Å². The summed E-state index contributed by atoms with van der Waals surface area (Å²) in [5.74, 6) is -1.89. The summed E-state index contributed by atoms with van der Waals surface area (Å²) < 4.78 is 9.28. The van der Waals surface area contributed by atoms with Gasteiger partial charge in [-0.2, -0.15) is 0 Å². The molecular weight excluding hydrogens is 755 g/mol. The second-order valence-electron chi connectivity index (χ2n) is 12.3. The molecule has 2 aliphatic rings. The molecule has 2 aliphatic heterocycles. The summed E-state index contributed by atoms with van der Waals surface area (Å²) in [6.07, 6.45) is -0.453. The van der Waals surface area contributed by atoms with Crippen molar-refractivity contribution in [3.05, 3.63) is 144 Å². The zero-order chi connectivity index (χ0) is 40.2. The number of carbonyl (C=O) groups is 5. The third-order valence-electron chi connectivity index (χ3n) is 8.67. The number of hydrogen-bond acceptors (Lipinski definition) is 12. The van der Waals surface area contributed by atoms with Crippen molar-refractivity contribution in [2.45, 2.75) is 49.0 Å². The number of aliphatic hydroxyl groups excluding tert-OH is 2. The molecule has 0 spiro atoms. The van der Waals surface area contributed by atoms with E-state index in [9.17, 15) is 24.3 Å². The minimum absolute atomic E-state index is 0. The van der Waals surface area contributed by atoms with E-state index < -0.39 is 30.1 Å². The Balaban J connectivity index is 0.000000298. The van der Waals surface area contributed by atoms with Crippen molar-refractivity contribution in [1.82, 2.24) is 10.2 Å². The molecular formula is C41H44ClN2NaO11. The van der Waals surface area contributed by atoms with E-state index in [1.54, 1.807) is 0 Å². The predicted molar refractivity (Wildman–Crippen MR) is 200 cm³/mol. The maximum absolute atomic E-state index is 13.3. The molecule has 4 aromatic rings. The molecule has 6 rings (SSSR count). The SMILES string of the molecule is COC(=O)[C@@H]1C[C@@H](O)CN1.COC(=O)[C@@H]1C[C@@H](O)CN1C(=O)C(c1ccccc1)c1ccccc1.O=C(Cl)C(c1ccccc1)c1ccccc1.O=CO[O-].[Na+]. The fourth-order valence-corrected chi connectivity index (χ4v) is 6.39. The van der Waals surface area contributed by atoms with E-state index in [0.29, 0.717) is 13.0 Å². The third-order valence-corrected chi connectivity index (χ3v) is 8.89. The molecule has 2 heterocycles. The Morgan fingerprint density at radius 3 is 1.43 bits per heavy atom. The van der Waals surface area contributed by atoms with Crippen molar-refractivity contribution in [1.29, 1.82) is 0 Å². The number of carbonyl (C=O) groups excluding carboxylic acids is 5. The van der Waals surface area contributed by atoms with E-state index >= 15 is 0 Å². The standard InChI is InChI=1S/C20H21NO4.C14H11ClO.C6H11NO3.CH2O3.Na/c1-25-20(24)17-12-16(22)13-21(17)19(23)18(14-8-4-2-5-9-14)15-10-6-3-7-11-15;15-14(16)13(11-7-3-1-4-8-11)12-9-5-2-6-10-12;1-10-6(9)5-2-4(8)3-7-5;2-1-4-3;/h2-11,16-18,22H,12-13H2,1H3;1-10,13H;4-5,7-8H,2-3H2,1H3;1,3H;/q;;;;+1/p-1/t16-,17+;;4-,5+;;/m1.1../s1. The van der Waals surface area contributed by atoms with Gasteiger partial charge in [0.25, 0.3) is 6.47 Å². The van der Waals surface area contributed by atoms with Crippen LogP contribution in [0.2, 0.25) is 0 Å². The summed E-state index contributed by atoms with van der Waals surface area (Å²) in [6, 6.07) is 37.0. The molecule has 0 bridgehead atoms. The zero-order valence-corrected chi connectivity index (χ0v) is 34.1. The number of esters is 2. The number of halogens is 1. The quantitative estimate of drug-likeness (QED) is 0.0508. The van der Waals surface area contributed by atoms with Gasteiger partial charge in [0.05, 0.1) is 38.3 Å². The normalized spacial score (nSPS) is 18.0. The van der Waals surface area contributed by atoms with Crippen LogP contribution in [-0.4, -0.2) is 96.3 Å². The van der Waals surface area contributed by atoms with Crippen molar-refractivity contribution in [3.63, 3.8) is 0 Å². The Kier molecular flexibility index (Phi) is 21.9. The van der Waals surface area contributed by atoms with Gasteiger partial charge in [-0.3, -0.25) is 19.2 Å². The molecule has 15 heteroatoms. The monoisotopic (exact) mass is 798 g/mol. The van der Waals surface area contributed by atoms with Crippen LogP contribution in [0.15, 0.2) is 121 Å². The Hall–Kier alpha value is -4.44. The summed E-state index contributed by atoms with van der Waals surface area (Å²) in [5.41, 5.74) is 3.55. The Morgan fingerprint density at radius 2 is 1.11 bits per heavy atom. The molecule has 3 N–H and O–H groups in total. The number of β-amino-alcohol motifs (C(OH)–C–C–N with tert-alkyl or cyclic N) is 2. The molecule has 2 saturated heterocycles. The number of nitrogens with one attached hydrogen (secondary N) is 1. The molecule has 4 atom stereocenters. The van der Waals surface area contributed by atoms with Crippen LogP contribution in [-0.2, 0) is 38.3 Å². The molecule has 0 unspecified atom stereocenters. The third kappa shape index (κ3) is 14.6. The summed E-state index contributed by atoms with van der Waals surface area (Å²) in [4.78, 5) is 60.3. The van der Waals surface area contributed by atoms with E-state index in [4.69, 9.17) is 31.5 Å². The van der Waals surface area contributed by atoms with Crippen molar-refractivity contribution < 1.29 is 83.4 Å². The number of ether oxygens (including phenoxy) is 2. The maximum Gasteiger partial charge on any atom is 1.00 e.